The molecule has 2 atom stereocenters. The van der Waals surface area contributed by atoms with Gasteiger partial charge in [0.2, 0.25) is 5.91 Å². The summed E-state index contributed by atoms with van der Waals surface area (Å²) in [5, 5.41) is 3.87. The molecule has 0 aliphatic rings. The van der Waals surface area contributed by atoms with Gasteiger partial charge in [-0.25, -0.2) is 0 Å². The largest absolute Gasteiger partial charge is 0.484 e. The fourth-order valence-corrected chi connectivity index (χ4v) is 3.80. The summed E-state index contributed by atoms with van der Waals surface area (Å²) in [4.78, 5) is 27.4. The maximum absolute atomic E-state index is 13.2. The summed E-state index contributed by atoms with van der Waals surface area (Å²) < 4.78 is 6.79. The van der Waals surface area contributed by atoms with Gasteiger partial charge in [0.1, 0.15) is 11.8 Å². The molecule has 0 spiro atoms. The zero-order valence-corrected chi connectivity index (χ0v) is 22.1. The molecule has 1 N–H and O–H groups in total. The van der Waals surface area contributed by atoms with E-state index in [1.54, 1.807) is 25.1 Å². The van der Waals surface area contributed by atoms with Crippen LogP contribution in [0.4, 0.5) is 0 Å². The third kappa shape index (κ3) is 7.12. The smallest absolute Gasteiger partial charge is 0.261 e. The molecule has 8 heteroatoms. The minimum atomic E-state index is -0.708. The zero-order chi connectivity index (χ0) is 24.0. The van der Waals surface area contributed by atoms with Crippen LogP contribution in [0, 0.1) is 13.8 Å². The SMILES string of the molecule is CC[C@H](C)NC(=O)[C@@H](C)N(Cc1ccc(Cl)cc1Cl)C(=O)COc1cc(C)c(Br)c(C)c1. The van der Waals surface area contributed by atoms with Crippen LogP contribution >= 0.6 is 39.1 Å². The highest BCUT2D eigenvalue weighted by Crippen LogP contribution is 2.27. The van der Waals surface area contributed by atoms with Crippen molar-refractivity contribution in [1.82, 2.24) is 10.2 Å². The van der Waals surface area contributed by atoms with Crippen LogP contribution in [-0.4, -0.2) is 35.4 Å². The van der Waals surface area contributed by atoms with Gasteiger partial charge in [-0.15, -0.1) is 0 Å². The Hall–Kier alpha value is -1.76. The van der Waals surface area contributed by atoms with Crippen LogP contribution in [-0.2, 0) is 16.1 Å². The lowest BCUT2D eigenvalue weighted by Crippen LogP contribution is -2.50. The Labute approximate surface area is 208 Å². The van der Waals surface area contributed by atoms with Crippen LogP contribution in [0.2, 0.25) is 10.0 Å². The van der Waals surface area contributed by atoms with Crippen LogP contribution < -0.4 is 10.1 Å². The summed E-state index contributed by atoms with van der Waals surface area (Å²) in [6, 6.07) is 8.11. The summed E-state index contributed by atoms with van der Waals surface area (Å²) >= 11 is 15.9. The molecule has 32 heavy (non-hydrogen) atoms. The van der Waals surface area contributed by atoms with E-state index in [-0.39, 0.29) is 31.0 Å². The molecule has 0 aliphatic heterocycles. The van der Waals surface area contributed by atoms with Gasteiger partial charge in [-0.1, -0.05) is 52.1 Å². The van der Waals surface area contributed by atoms with Crippen molar-refractivity contribution < 1.29 is 14.3 Å². The normalized spacial score (nSPS) is 12.8. The van der Waals surface area contributed by atoms with Crippen molar-refractivity contribution in [2.45, 2.75) is 59.7 Å². The Kier molecular flexibility index (Phi) is 9.86. The number of hydrogen-bond acceptors (Lipinski definition) is 3. The molecule has 0 fully saturated rings. The highest BCUT2D eigenvalue weighted by molar-refractivity contribution is 9.10. The van der Waals surface area contributed by atoms with E-state index in [1.807, 2.05) is 39.8 Å². The number of benzene rings is 2. The molecule has 2 rings (SSSR count). The third-order valence-corrected chi connectivity index (χ3v) is 7.13. The van der Waals surface area contributed by atoms with Gasteiger partial charge >= 0.3 is 0 Å². The predicted octanol–water partition coefficient (Wildman–Crippen LogP) is 6.08. The lowest BCUT2D eigenvalue weighted by Gasteiger charge is -2.30. The highest BCUT2D eigenvalue weighted by Gasteiger charge is 2.27. The molecular weight excluding hydrogens is 515 g/mol. The standard InChI is InChI=1S/C24H29BrCl2N2O3/c1-6-16(4)28-24(31)17(5)29(12-18-7-8-19(26)11-21(18)27)22(30)13-32-20-9-14(2)23(25)15(3)10-20/h7-11,16-17H,6,12-13H2,1-5H3,(H,28,31)/t16-,17+/m0/s1. The second kappa shape index (κ2) is 11.9. The molecule has 0 radical (unpaired) electrons. The third-order valence-electron chi connectivity index (χ3n) is 5.30. The molecule has 2 aromatic carbocycles. The Morgan fingerprint density at radius 1 is 1.12 bits per heavy atom. The minimum Gasteiger partial charge on any atom is -0.484 e. The summed E-state index contributed by atoms with van der Waals surface area (Å²) in [5.41, 5.74) is 2.72. The molecule has 0 aliphatic carbocycles. The van der Waals surface area contributed by atoms with Crippen molar-refractivity contribution >= 4 is 50.9 Å². The Morgan fingerprint density at radius 2 is 1.75 bits per heavy atom. The van der Waals surface area contributed by atoms with Crippen LogP contribution in [0.5, 0.6) is 5.75 Å². The summed E-state index contributed by atoms with van der Waals surface area (Å²) in [7, 11) is 0. The topological polar surface area (TPSA) is 58.6 Å². The van der Waals surface area contributed by atoms with Gasteiger partial charge < -0.3 is 15.0 Å². The first-order chi connectivity index (χ1) is 15.0. The average Bonchev–Trinajstić information content (AvgIpc) is 2.74. The summed E-state index contributed by atoms with van der Waals surface area (Å²) in [5.74, 6) is 0.0481. The van der Waals surface area contributed by atoms with E-state index in [4.69, 9.17) is 27.9 Å². The van der Waals surface area contributed by atoms with Crippen molar-refractivity contribution in [3.63, 3.8) is 0 Å². The molecule has 0 unspecified atom stereocenters. The van der Waals surface area contributed by atoms with Gasteiger partial charge in [0.15, 0.2) is 6.61 Å². The van der Waals surface area contributed by atoms with E-state index < -0.39 is 6.04 Å². The van der Waals surface area contributed by atoms with E-state index >= 15 is 0 Å². The Balaban J connectivity index is 2.23. The van der Waals surface area contributed by atoms with E-state index in [0.29, 0.717) is 21.4 Å². The zero-order valence-electron chi connectivity index (χ0n) is 19.0. The lowest BCUT2D eigenvalue weighted by atomic mass is 10.1. The first-order valence-electron chi connectivity index (χ1n) is 10.5. The van der Waals surface area contributed by atoms with Gasteiger partial charge in [-0.05, 0) is 75.1 Å². The number of amides is 2. The Bertz CT molecular complexity index is 961. The molecule has 2 amide bonds. The average molecular weight is 544 g/mol. The fraction of sp³-hybridized carbons (Fsp3) is 0.417. The van der Waals surface area contributed by atoms with Crippen LogP contribution in [0.3, 0.4) is 0 Å². The number of carbonyl (C=O) groups is 2. The molecule has 0 saturated heterocycles. The molecule has 5 nitrogen and oxygen atoms in total. The van der Waals surface area contributed by atoms with Gasteiger partial charge in [-0.2, -0.15) is 0 Å². The van der Waals surface area contributed by atoms with Crippen molar-refractivity contribution in [1.29, 1.82) is 0 Å². The number of carbonyl (C=O) groups excluding carboxylic acids is 2. The maximum Gasteiger partial charge on any atom is 0.261 e. The van der Waals surface area contributed by atoms with E-state index in [9.17, 15) is 9.59 Å². The van der Waals surface area contributed by atoms with Crippen LogP contribution in [0.25, 0.3) is 0 Å². The molecular formula is C24H29BrCl2N2O3. The fourth-order valence-electron chi connectivity index (χ4n) is 3.10. The number of nitrogens with one attached hydrogen (secondary N) is 1. The highest BCUT2D eigenvalue weighted by atomic mass is 79.9. The van der Waals surface area contributed by atoms with E-state index in [0.717, 1.165) is 22.0 Å². The van der Waals surface area contributed by atoms with Crippen LogP contribution in [0.1, 0.15) is 43.9 Å². The molecule has 174 valence electrons. The summed E-state index contributed by atoms with van der Waals surface area (Å²) in [6.07, 6.45) is 0.792. The number of ether oxygens (including phenoxy) is 1. The molecule has 0 saturated carbocycles. The van der Waals surface area contributed by atoms with Gasteiger partial charge in [0, 0.05) is 27.1 Å². The van der Waals surface area contributed by atoms with Gasteiger partial charge in [-0.3, -0.25) is 9.59 Å². The molecule has 0 aromatic heterocycles. The number of aryl methyl sites for hydroxylation is 2. The molecule has 0 bridgehead atoms. The van der Waals surface area contributed by atoms with Gasteiger partial charge in [0.25, 0.3) is 5.91 Å². The monoisotopic (exact) mass is 542 g/mol. The van der Waals surface area contributed by atoms with E-state index in [1.165, 1.54) is 4.90 Å². The Morgan fingerprint density at radius 3 is 2.31 bits per heavy atom. The lowest BCUT2D eigenvalue weighted by molar-refractivity contribution is -0.142. The van der Waals surface area contributed by atoms with Crippen LogP contribution in [0.15, 0.2) is 34.8 Å². The second-order valence-electron chi connectivity index (χ2n) is 7.91. The second-order valence-corrected chi connectivity index (χ2v) is 9.55. The quantitative estimate of drug-likeness (QED) is 0.416. The minimum absolute atomic E-state index is 0.00554. The molecule has 0 heterocycles. The number of rotatable bonds is 9. The van der Waals surface area contributed by atoms with Crippen molar-refractivity contribution in [2.75, 3.05) is 6.61 Å². The van der Waals surface area contributed by atoms with Crippen molar-refractivity contribution in [3.8, 4) is 5.75 Å². The van der Waals surface area contributed by atoms with Crippen molar-refractivity contribution in [2.24, 2.45) is 0 Å². The van der Waals surface area contributed by atoms with Crippen molar-refractivity contribution in [3.05, 3.63) is 61.5 Å². The predicted molar refractivity (Wildman–Crippen MR) is 133 cm³/mol. The number of nitrogens with zero attached hydrogens (tertiary/aromatic N) is 1. The first kappa shape index (κ1) is 26.5. The first-order valence-corrected chi connectivity index (χ1v) is 12.0. The van der Waals surface area contributed by atoms with E-state index in [2.05, 4.69) is 21.2 Å². The summed E-state index contributed by atoms with van der Waals surface area (Å²) in [6.45, 7) is 9.49. The number of halogens is 3. The molecule has 2 aromatic rings. The number of hydrogen-bond donors (Lipinski definition) is 1. The van der Waals surface area contributed by atoms with Gasteiger partial charge in [0.05, 0.1) is 0 Å². The maximum atomic E-state index is 13.2.